The summed E-state index contributed by atoms with van der Waals surface area (Å²) in [6, 6.07) is 5.85. The fraction of sp³-hybridized carbons (Fsp3) is 0.538. The van der Waals surface area contributed by atoms with Crippen molar-refractivity contribution in [3.63, 3.8) is 0 Å². The standard InChI is InChI=1S/C13H17BrO3/c1-15-11-4-5-13(10(7-11)8-14)17-9-12-3-2-6-16-12/h4-5,7,12H,2-3,6,8-9H2,1H3. The lowest BCUT2D eigenvalue weighted by Gasteiger charge is -2.14. The number of methoxy groups -OCH3 is 1. The maximum atomic E-state index is 5.80. The topological polar surface area (TPSA) is 27.7 Å². The molecule has 0 aliphatic carbocycles. The lowest BCUT2D eigenvalue weighted by Crippen LogP contribution is -2.16. The summed E-state index contributed by atoms with van der Waals surface area (Å²) < 4.78 is 16.5. The minimum absolute atomic E-state index is 0.250. The molecule has 1 aliphatic rings. The van der Waals surface area contributed by atoms with E-state index >= 15 is 0 Å². The van der Waals surface area contributed by atoms with Crippen LogP contribution in [0.1, 0.15) is 18.4 Å². The molecule has 17 heavy (non-hydrogen) atoms. The quantitative estimate of drug-likeness (QED) is 0.782. The molecule has 0 N–H and O–H groups in total. The highest BCUT2D eigenvalue weighted by Crippen LogP contribution is 2.27. The molecule has 0 aromatic heterocycles. The molecule has 2 rings (SSSR count). The third-order valence-electron chi connectivity index (χ3n) is 2.86. The molecule has 0 saturated carbocycles. The van der Waals surface area contributed by atoms with Gasteiger partial charge in [0.15, 0.2) is 0 Å². The summed E-state index contributed by atoms with van der Waals surface area (Å²) in [5.41, 5.74) is 1.10. The summed E-state index contributed by atoms with van der Waals surface area (Å²) in [6.07, 6.45) is 2.49. The first-order valence-corrected chi connectivity index (χ1v) is 6.93. The van der Waals surface area contributed by atoms with E-state index < -0.39 is 0 Å². The lowest BCUT2D eigenvalue weighted by atomic mass is 10.2. The highest BCUT2D eigenvalue weighted by Gasteiger charge is 2.16. The first kappa shape index (κ1) is 12.7. The summed E-state index contributed by atoms with van der Waals surface area (Å²) >= 11 is 3.46. The fourth-order valence-electron chi connectivity index (χ4n) is 1.89. The maximum absolute atomic E-state index is 5.80. The van der Waals surface area contributed by atoms with Gasteiger partial charge in [-0.2, -0.15) is 0 Å². The van der Waals surface area contributed by atoms with E-state index in [1.165, 1.54) is 0 Å². The van der Waals surface area contributed by atoms with Crippen LogP contribution in [-0.4, -0.2) is 26.4 Å². The van der Waals surface area contributed by atoms with Crippen LogP contribution in [0, 0.1) is 0 Å². The van der Waals surface area contributed by atoms with Crippen molar-refractivity contribution in [2.45, 2.75) is 24.3 Å². The predicted octanol–water partition coefficient (Wildman–Crippen LogP) is 3.15. The van der Waals surface area contributed by atoms with Crippen molar-refractivity contribution in [2.24, 2.45) is 0 Å². The Balaban J connectivity index is 1.98. The van der Waals surface area contributed by atoms with Gasteiger partial charge in [0.25, 0.3) is 0 Å². The average Bonchev–Trinajstić information content (AvgIpc) is 2.89. The lowest BCUT2D eigenvalue weighted by molar-refractivity contribution is 0.0677. The first-order chi connectivity index (χ1) is 8.33. The average molecular weight is 301 g/mol. The van der Waals surface area contributed by atoms with Crippen molar-refractivity contribution in [3.8, 4) is 11.5 Å². The smallest absolute Gasteiger partial charge is 0.123 e. The Bertz CT molecular complexity index is 362. The van der Waals surface area contributed by atoms with Gasteiger partial charge in [0, 0.05) is 17.5 Å². The summed E-state index contributed by atoms with van der Waals surface area (Å²) in [4.78, 5) is 0. The maximum Gasteiger partial charge on any atom is 0.123 e. The van der Waals surface area contributed by atoms with E-state index in [0.29, 0.717) is 6.61 Å². The molecule has 1 aliphatic heterocycles. The molecule has 0 amide bonds. The van der Waals surface area contributed by atoms with Gasteiger partial charge in [-0.25, -0.2) is 0 Å². The third-order valence-corrected chi connectivity index (χ3v) is 3.46. The number of ether oxygens (including phenoxy) is 3. The molecular formula is C13H17BrO3. The van der Waals surface area contributed by atoms with Crippen molar-refractivity contribution in [3.05, 3.63) is 23.8 Å². The summed E-state index contributed by atoms with van der Waals surface area (Å²) in [5, 5.41) is 0.755. The zero-order chi connectivity index (χ0) is 12.1. The second-order valence-corrected chi connectivity index (χ2v) is 4.61. The predicted molar refractivity (Wildman–Crippen MR) is 70.1 cm³/mol. The van der Waals surface area contributed by atoms with Crippen molar-refractivity contribution < 1.29 is 14.2 Å². The number of benzene rings is 1. The normalized spacial score (nSPS) is 19.3. The molecule has 1 unspecified atom stereocenters. The molecule has 0 radical (unpaired) electrons. The zero-order valence-electron chi connectivity index (χ0n) is 9.95. The number of alkyl halides is 1. The van der Waals surface area contributed by atoms with Crippen LogP contribution >= 0.6 is 15.9 Å². The van der Waals surface area contributed by atoms with Gasteiger partial charge >= 0.3 is 0 Å². The summed E-state index contributed by atoms with van der Waals surface area (Å²) in [5.74, 6) is 1.75. The van der Waals surface area contributed by atoms with Gasteiger partial charge in [-0.3, -0.25) is 0 Å². The minimum Gasteiger partial charge on any atom is -0.497 e. The molecule has 94 valence electrons. The van der Waals surface area contributed by atoms with E-state index in [-0.39, 0.29) is 6.10 Å². The van der Waals surface area contributed by atoms with Gasteiger partial charge in [0.2, 0.25) is 0 Å². The van der Waals surface area contributed by atoms with E-state index in [1.54, 1.807) is 7.11 Å². The summed E-state index contributed by atoms with van der Waals surface area (Å²) in [7, 11) is 1.67. The van der Waals surface area contributed by atoms with Crippen LogP contribution in [0.25, 0.3) is 0 Å². The van der Waals surface area contributed by atoms with E-state index in [0.717, 1.165) is 41.8 Å². The van der Waals surface area contributed by atoms with Crippen LogP contribution in [0.4, 0.5) is 0 Å². The van der Waals surface area contributed by atoms with Crippen LogP contribution in [0.15, 0.2) is 18.2 Å². The third kappa shape index (κ3) is 3.36. The molecule has 1 aromatic carbocycles. The molecule has 1 fully saturated rings. The molecular weight excluding hydrogens is 284 g/mol. The van der Waals surface area contributed by atoms with Gasteiger partial charge in [-0.05, 0) is 31.0 Å². The molecule has 4 heteroatoms. The SMILES string of the molecule is COc1ccc(OCC2CCCO2)c(CBr)c1. The van der Waals surface area contributed by atoms with E-state index in [2.05, 4.69) is 15.9 Å². The van der Waals surface area contributed by atoms with Crippen LogP contribution in [-0.2, 0) is 10.1 Å². The van der Waals surface area contributed by atoms with Crippen molar-refractivity contribution >= 4 is 15.9 Å². The van der Waals surface area contributed by atoms with E-state index in [1.807, 2.05) is 18.2 Å². The molecule has 0 spiro atoms. The molecule has 1 saturated heterocycles. The Kier molecular flexibility index (Phi) is 4.68. The van der Waals surface area contributed by atoms with Crippen LogP contribution in [0.5, 0.6) is 11.5 Å². The van der Waals surface area contributed by atoms with Gasteiger partial charge < -0.3 is 14.2 Å². The molecule has 1 heterocycles. The number of rotatable bonds is 5. The molecule has 1 aromatic rings. The van der Waals surface area contributed by atoms with Gasteiger partial charge in [0.05, 0.1) is 13.2 Å². The van der Waals surface area contributed by atoms with Gasteiger partial charge in [-0.15, -0.1) is 0 Å². The second kappa shape index (κ2) is 6.26. The molecule has 3 nitrogen and oxygen atoms in total. The van der Waals surface area contributed by atoms with Crippen molar-refractivity contribution in [1.29, 1.82) is 0 Å². The highest BCUT2D eigenvalue weighted by molar-refractivity contribution is 9.08. The van der Waals surface area contributed by atoms with Crippen molar-refractivity contribution in [2.75, 3.05) is 20.3 Å². The Morgan fingerprint density at radius 1 is 1.47 bits per heavy atom. The van der Waals surface area contributed by atoms with Crippen molar-refractivity contribution in [1.82, 2.24) is 0 Å². The minimum atomic E-state index is 0.250. The fourth-order valence-corrected chi connectivity index (χ4v) is 2.32. The van der Waals surface area contributed by atoms with E-state index in [9.17, 15) is 0 Å². The number of hydrogen-bond acceptors (Lipinski definition) is 3. The number of halogens is 1. The van der Waals surface area contributed by atoms with Gasteiger partial charge in [-0.1, -0.05) is 15.9 Å². The highest BCUT2D eigenvalue weighted by atomic mass is 79.9. The Hall–Kier alpha value is -0.740. The Labute approximate surface area is 110 Å². The van der Waals surface area contributed by atoms with E-state index in [4.69, 9.17) is 14.2 Å². The van der Waals surface area contributed by atoms with Crippen LogP contribution in [0.2, 0.25) is 0 Å². The molecule has 0 bridgehead atoms. The monoisotopic (exact) mass is 300 g/mol. The Morgan fingerprint density at radius 3 is 3.00 bits per heavy atom. The molecule has 1 atom stereocenters. The van der Waals surface area contributed by atoms with Crippen LogP contribution in [0.3, 0.4) is 0 Å². The second-order valence-electron chi connectivity index (χ2n) is 4.05. The zero-order valence-corrected chi connectivity index (χ0v) is 11.5. The summed E-state index contributed by atoms with van der Waals surface area (Å²) in [6.45, 7) is 1.49. The van der Waals surface area contributed by atoms with Crippen LogP contribution < -0.4 is 9.47 Å². The largest absolute Gasteiger partial charge is 0.497 e. The Morgan fingerprint density at radius 2 is 2.35 bits per heavy atom. The first-order valence-electron chi connectivity index (χ1n) is 5.80. The number of hydrogen-bond donors (Lipinski definition) is 0. The van der Waals surface area contributed by atoms with Gasteiger partial charge in [0.1, 0.15) is 18.1 Å².